The zero-order valence-corrected chi connectivity index (χ0v) is 17.2. The van der Waals surface area contributed by atoms with Gasteiger partial charge in [-0.3, -0.25) is 14.6 Å². The molecule has 0 saturated carbocycles. The lowest BCUT2D eigenvalue weighted by Crippen LogP contribution is -2.33. The number of nitrogens with one attached hydrogen (secondary N) is 1. The van der Waals surface area contributed by atoms with E-state index in [2.05, 4.69) is 34.7 Å². The summed E-state index contributed by atoms with van der Waals surface area (Å²) in [5.74, 6) is -2.73. The van der Waals surface area contributed by atoms with Gasteiger partial charge in [0.25, 0.3) is 0 Å². The number of allylic oxidation sites excluding steroid dienone is 2. The van der Waals surface area contributed by atoms with Crippen LogP contribution in [0.4, 0.5) is 5.69 Å². The van der Waals surface area contributed by atoms with Crippen molar-refractivity contribution in [1.29, 1.82) is 5.26 Å². The van der Waals surface area contributed by atoms with Crippen LogP contribution >= 0.6 is 0 Å². The zero-order valence-electron chi connectivity index (χ0n) is 17.2. The first-order valence-electron chi connectivity index (χ1n) is 10.5. The van der Waals surface area contributed by atoms with E-state index in [4.69, 9.17) is 0 Å². The number of rotatable bonds is 5. The molecule has 1 N–H and O–H groups in total. The summed E-state index contributed by atoms with van der Waals surface area (Å²) in [5, 5.41) is 18.9. The minimum absolute atomic E-state index is 0.104. The molecule has 5 rings (SSSR count). The Morgan fingerprint density at radius 3 is 2.53 bits per heavy atom. The molecule has 3 aliphatic rings. The van der Waals surface area contributed by atoms with E-state index in [0.717, 1.165) is 23.1 Å². The van der Waals surface area contributed by atoms with Crippen LogP contribution in [-0.2, 0) is 9.59 Å². The van der Waals surface area contributed by atoms with E-state index in [9.17, 15) is 14.9 Å². The fourth-order valence-electron chi connectivity index (χ4n) is 4.31. The monoisotopic (exact) mass is 420 g/mol. The summed E-state index contributed by atoms with van der Waals surface area (Å²) in [7, 11) is 0. The Balaban J connectivity index is 1.48. The van der Waals surface area contributed by atoms with Gasteiger partial charge in [-0.2, -0.15) is 10.4 Å². The van der Waals surface area contributed by atoms with Crippen LogP contribution in [0.15, 0.2) is 89.6 Å². The molecule has 2 aliphatic carbocycles. The summed E-state index contributed by atoms with van der Waals surface area (Å²) in [6.45, 7) is 0. The fraction of sp³-hybridized carbons (Fsp3) is 0.154. The molecule has 0 radical (unpaired) electrons. The van der Waals surface area contributed by atoms with Crippen molar-refractivity contribution in [3.63, 3.8) is 0 Å². The minimum Gasteiger partial charge on any atom is -0.325 e. The van der Waals surface area contributed by atoms with Crippen LogP contribution in [-0.4, -0.2) is 28.5 Å². The summed E-state index contributed by atoms with van der Waals surface area (Å²) < 4.78 is 0. The molecule has 32 heavy (non-hydrogen) atoms. The van der Waals surface area contributed by atoms with E-state index in [1.807, 2.05) is 47.5 Å². The van der Waals surface area contributed by atoms with Crippen molar-refractivity contribution in [2.45, 2.75) is 18.5 Å². The highest BCUT2D eigenvalue weighted by Crippen LogP contribution is 2.45. The third-order valence-electron chi connectivity index (χ3n) is 5.82. The summed E-state index contributed by atoms with van der Waals surface area (Å²) in [4.78, 5) is 26.2. The molecular weight excluding hydrogens is 400 g/mol. The second kappa shape index (κ2) is 8.12. The van der Waals surface area contributed by atoms with Crippen LogP contribution in [0.1, 0.15) is 23.6 Å². The van der Waals surface area contributed by atoms with Gasteiger partial charge < -0.3 is 5.32 Å². The van der Waals surface area contributed by atoms with E-state index < -0.39 is 17.6 Å². The number of nitriles is 1. The maximum Gasteiger partial charge on any atom is 0.249 e. The summed E-state index contributed by atoms with van der Waals surface area (Å²) in [6.07, 6.45) is 11.0. The normalized spacial score (nSPS) is 19.5. The lowest BCUT2D eigenvalue weighted by atomic mass is 9.93. The number of anilines is 1. The molecule has 0 spiro atoms. The number of fused-ring (bicyclic) bond motifs is 3. The number of ketones is 1. The first kappa shape index (κ1) is 19.7. The molecule has 2 aromatic rings. The second-order valence-corrected chi connectivity index (χ2v) is 7.82. The van der Waals surface area contributed by atoms with Crippen molar-refractivity contribution in [3.8, 4) is 6.07 Å². The van der Waals surface area contributed by atoms with Crippen LogP contribution in [0.3, 0.4) is 0 Å². The van der Waals surface area contributed by atoms with Crippen LogP contribution in [0.25, 0.3) is 6.08 Å². The Hall–Kier alpha value is -4.24. The lowest BCUT2D eigenvalue weighted by Gasteiger charge is -2.29. The topological polar surface area (TPSA) is 85.6 Å². The highest BCUT2D eigenvalue weighted by Gasteiger charge is 2.45. The van der Waals surface area contributed by atoms with Gasteiger partial charge in [-0.15, -0.1) is 0 Å². The van der Waals surface area contributed by atoms with Crippen molar-refractivity contribution in [2.75, 3.05) is 5.32 Å². The molecule has 156 valence electrons. The van der Waals surface area contributed by atoms with E-state index in [-0.39, 0.29) is 17.8 Å². The molecule has 6 nitrogen and oxygen atoms in total. The number of hydrazone groups is 1. The highest BCUT2D eigenvalue weighted by atomic mass is 16.2. The van der Waals surface area contributed by atoms with Crippen molar-refractivity contribution < 1.29 is 9.59 Å². The molecule has 0 fully saturated rings. The van der Waals surface area contributed by atoms with Gasteiger partial charge in [-0.1, -0.05) is 66.8 Å². The van der Waals surface area contributed by atoms with Crippen LogP contribution in [0.5, 0.6) is 0 Å². The van der Waals surface area contributed by atoms with Gasteiger partial charge in [0, 0.05) is 11.3 Å². The maximum atomic E-state index is 13.4. The molecule has 1 amide bonds. The molecule has 1 heterocycles. The standard InChI is InChI=1S/C26H20N4O2/c27-16-22(26(32)28-18-10-3-1-4-11-18)25(31)23-21-15-17-9-7-8-14-20(17)24(21)30(29-23)19-12-5-2-6-13-19/h1,3-15,19,22,24H,2H2,(H,28,32). The van der Waals surface area contributed by atoms with Gasteiger partial charge in [0.05, 0.1) is 12.1 Å². The van der Waals surface area contributed by atoms with Gasteiger partial charge in [0.1, 0.15) is 11.8 Å². The average molecular weight is 420 g/mol. The summed E-state index contributed by atoms with van der Waals surface area (Å²) in [5.41, 5.74) is 3.51. The Kier molecular flexibility index (Phi) is 5.00. The molecule has 2 unspecified atom stereocenters. The molecule has 0 aromatic heterocycles. The lowest BCUT2D eigenvalue weighted by molar-refractivity contribution is -0.125. The van der Waals surface area contributed by atoms with E-state index in [0.29, 0.717) is 5.69 Å². The number of hydrogen-bond donors (Lipinski definition) is 1. The SMILES string of the molecule is N#CC(C(=O)Nc1ccccc1)C(=O)C1=NN(C2C=CCC=C2)C2C1=Cc1ccccc12. The average Bonchev–Trinajstić information content (AvgIpc) is 3.38. The number of para-hydroxylation sites is 1. The van der Waals surface area contributed by atoms with Gasteiger partial charge in [0.15, 0.2) is 5.92 Å². The fourth-order valence-corrected chi connectivity index (χ4v) is 4.31. The molecule has 0 bridgehead atoms. The second-order valence-electron chi connectivity index (χ2n) is 7.82. The van der Waals surface area contributed by atoms with Crippen molar-refractivity contribution >= 4 is 29.2 Å². The number of nitrogens with zero attached hydrogens (tertiary/aromatic N) is 3. The number of carbonyl (C=O) groups excluding carboxylic acids is 2. The first-order chi connectivity index (χ1) is 15.7. The number of amides is 1. The largest absolute Gasteiger partial charge is 0.325 e. The number of benzene rings is 2. The molecular formula is C26H20N4O2. The Morgan fingerprint density at radius 2 is 1.78 bits per heavy atom. The summed E-state index contributed by atoms with van der Waals surface area (Å²) in [6, 6.07) is 18.3. The Labute approximate surface area is 185 Å². The van der Waals surface area contributed by atoms with Crippen molar-refractivity contribution in [1.82, 2.24) is 5.01 Å². The summed E-state index contributed by atoms with van der Waals surface area (Å²) >= 11 is 0. The highest BCUT2D eigenvalue weighted by molar-refractivity contribution is 6.51. The van der Waals surface area contributed by atoms with E-state index in [1.165, 1.54) is 0 Å². The molecule has 0 saturated heterocycles. The van der Waals surface area contributed by atoms with Gasteiger partial charge in [-0.05, 0) is 35.8 Å². The van der Waals surface area contributed by atoms with E-state index >= 15 is 0 Å². The van der Waals surface area contributed by atoms with Gasteiger partial charge >= 0.3 is 0 Å². The van der Waals surface area contributed by atoms with Gasteiger partial charge in [0.2, 0.25) is 11.7 Å². The quantitative estimate of drug-likeness (QED) is 0.585. The van der Waals surface area contributed by atoms with Crippen molar-refractivity contribution in [2.24, 2.45) is 11.0 Å². The Morgan fingerprint density at radius 1 is 1.06 bits per heavy atom. The predicted octanol–water partition coefficient (Wildman–Crippen LogP) is 4.03. The maximum absolute atomic E-state index is 13.4. The molecule has 6 heteroatoms. The third kappa shape index (κ3) is 3.34. The Bertz CT molecular complexity index is 1240. The molecule has 1 aliphatic heterocycles. The number of hydrogen-bond acceptors (Lipinski definition) is 5. The van der Waals surface area contributed by atoms with Gasteiger partial charge in [-0.25, -0.2) is 0 Å². The molecule has 2 atom stereocenters. The first-order valence-corrected chi connectivity index (χ1v) is 10.5. The third-order valence-corrected chi connectivity index (χ3v) is 5.82. The predicted molar refractivity (Wildman–Crippen MR) is 122 cm³/mol. The van der Waals surface area contributed by atoms with Crippen LogP contribution < -0.4 is 5.32 Å². The zero-order chi connectivity index (χ0) is 22.1. The molecule has 2 aromatic carbocycles. The smallest absolute Gasteiger partial charge is 0.249 e. The van der Waals surface area contributed by atoms with Crippen molar-refractivity contribution in [3.05, 3.63) is 95.6 Å². The minimum atomic E-state index is -1.49. The van der Waals surface area contributed by atoms with Crippen LogP contribution in [0, 0.1) is 17.2 Å². The number of carbonyl (C=O) groups is 2. The number of Topliss-reactive ketones (excluding diaryl/α,β-unsaturated/α-hetero) is 1. The van der Waals surface area contributed by atoms with E-state index in [1.54, 1.807) is 24.3 Å². The van der Waals surface area contributed by atoms with Crippen LogP contribution in [0.2, 0.25) is 0 Å².